The van der Waals surface area contributed by atoms with Crippen molar-refractivity contribution in [3.8, 4) is 5.82 Å². The van der Waals surface area contributed by atoms with Gasteiger partial charge in [0, 0.05) is 45.3 Å². The van der Waals surface area contributed by atoms with E-state index in [1.165, 1.54) is 24.5 Å². The Morgan fingerprint density at radius 3 is 2.65 bits per heavy atom. The Morgan fingerprint density at radius 1 is 1.26 bits per heavy atom. The van der Waals surface area contributed by atoms with Gasteiger partial charge in [0.05, 0.1) is 11.2 Å². The second kappa shape index (κ2) is 9.59. The Labute approximate surface area is 208 Å². The number of sulfonamides is 1. The zero-order valence-electron chi connectivity index (χ0n) is 17.6. The average Bonchev–Trinajstić information content (AvgIpc) is 3.20. The van der Waals surface area contributed by atoms with Gasteiger partial charge in [0.1, 0.15) is 18.1 Å². The third-order valence-corrected chi connectivity index (χ3v) is 8.46. The number of carboxylic acids is 1. The van der Waals surface area contributed by atoms with Crippen molar-refractivity contribution in [1.29, 1.82) is 0 Å². The summed E-state index contributed by atoms with van der Waals surface area (Å²) in [5.41, 5.74) is 0.883. The predicted molar refractivity (Wildman–Crippen MR) is 131 cm³/mol. The van der Waals surface area contributed by atoms with Crippen LogP contribution >= 0.6 is 23.2 Å². The van der Waals surface area contributed by atoms with Gasteiger partial charge in [-0.1, -0.05) is 28.3 Å². The van der Waals surface area contributed by atoms with Crippen molar-refractivity contribution in [2.24, 2.45) is 0 Å². The molecule has 13 heteroatoms. The highest BCUT2D eigenvalue weighted by molar-refractivity contribution is 7.93. The van der Waals surface area contributed by atoms with Crippen molar-refractivity contribution in [2.45, 2.75) is 16.7 Å². The van der Waals surface area contributed by atoms with Crippen LogP contribution in [0.2, 0.25) is 0 Å². The minimum Gasteiger partial charge on any atom is -0.610 e. The molecule has 1 aliphatic rings. The highest BCUT2D eigenvalue weighted by atomic mass is 35.5. The van der Waals surface area contributed by atoms with Gasteiger partial charge in [0.25, 0.3) is 5.03 Å². The van der Waals surface area contributed by atoms with Gasteiger partial charge >= 0.3 is 5.97 Å². The van der Waals surface area contributed by atoms with E-state index in [0.717, 1.165) is 4.31 Å². The van der Waals surface area contributed by atoms with E-state index in [-0.39, 0.29) is 22.2 Å². The molecular formula is C21H18Cl2N4O5S2. The number of benzene rings is 1. The van der Waals surface area contributed by atoms with Crippen molar-refractivity contribution in [3.63, 3.8) is 0 Å². The van der Waals surface area contributed by atoms with Crippen molar-refractivity contribution in [3.05, 3.63) is 64.8 Å². The normalized spacial score (nSPS) is 17.2. The lowest BCUT2D eigenvalue weighted by Gasteiger charge is -2.28. The van der Waals surface area contributed by atoms with Crippen molar-refractivity contribution >= 4 is 67.0 Å². The second-order valence-electron chi connectivity index (χ2n) is 7.44. The van der Waals surface area contributed by atoms with Gasteiger partial charge in [-0.2, -0.15) is 0 Å². The molecule has 2 unspecified atom stereocenters. The molecule has 4 rings (SSSR count). The molecule has 3 aromatic rings. The van der Waals surface area contributed by atoms with Gasteiger partial charge in [0.15, 0.2) is 5.82 Å². The minimum absolute atomic E-state index is 0.00787. The van der Waals surface area contributed by atoms with Crippen LogP contribution in [-0.4, -0.2) is 56.9 Å². The number of fused-ring (bicyclic) bond motifs is 1. The summed E-state index contributed by atoms with van der Waals surface area (Å²) in [4.78, 5) is 11.5. The number of nitrogens with zero attached hydrogens (tertiary/aromatic N) is 4. The second-order valence-corrected chi connectivity index (χ2v) is 11.8. The number of allylic oxidation sites excluding steroid dienone is 3. The Kier molecular flexibility index (Phi) is 6.92. The maximum absolute atomic E-state index is 13.4. The zero-order valence-corrected chi connectivity index (χ0v) is 20.8. The summed E-state index contributed by atoms with van der Waals surface area (Å²) in [6.45, 7) is -0.765. The number of rotatable bonds is 7. The fourth-order valence-electron chi connectivity index (χ4n) is 3.57. The van der Waals surface area contributed by atoms with Crippen molar-refractivity contribution < 1.29 is 22.9 Å². The van der Waals surface area contributed by atoms with Gasteiger partial charge < -0.3 is 9.66 Å². The van der Waals surface area contributed by atoms with E-state index in [1.807, 2.05) is 0 Å². The highest BCUT2D eigenvalue weighted by Gasteiger charge is 2.34. The number of aromatic nitrogens is 3. The molecule has 0 fully saturated rings. The smallest absolute Gasteiger partial charge is 0.324 e. The van der Waals surface area contributed by atoms with Crippen LogP contribution in [0.4, 0.5) is 5.69 Å². The van der Waals surface area contributed by atoms with Crippen molar-refractivity contribution in [2.75, 3.05) is 17.1 Å². The van der Waals surface area contributed by atoms with E-state index >= 15 is 0 Å². The van der Waals surface area contributed by atoms with Crippen LogP contribution in [-0.2, 0) is 26.0 Å². The number of hydrogen-bond donors (Lipinski definition) is 1. The van der Waals surface area contributed by atoms with Crippen LogP contribution in [0.25, 0.3) is 16.7 Å². The molecule has 34 heavy (non-hydrogen) atoms. The van der Waals surface area contributed by atoms with E-state index in [4.69, 9.17) is 23.2 Å². The molecule has 178 valence electrons. The molecule has 2 aromatic heterocycles. The molecule has 0 saturated heterocycles. The molecule has 0 saturated carbocycles. The van der Waals surface area contributed by atoms with E-state index in [9.17, 15) is 22.9 Å². The van der Waals surface area contributed by atoms with Crippen LogP contribution in [0.5, 0.6) is 0 Å². The standard InChI is InChI=1S/C21H18Cl2N4O5S2/c1-33(30)20-5-4-19(24-25-20)26-7-6-13-8-16(2-3-18(13)26)27(12-21(28)29)34(31,32)17-10-14(22)9-15(23)11-17/h2-10,17H,11-12H2,1H3,(H,28,29). The minimum atomic E-state index is -4.16. The molecule has 0 bridgehead atoms. The number of carboxylic acid groups (broad SMARTS) is 1. The highest BCUT2D eigenvalue weighted by Crippen LogP contribution is 2.32. The van der Waals surface area contributed by atoms with Gasteiger partial charge in [-0.25, -0.2) is 8.42 Å². The number of halogens is 2. The number of anilines is 1. The molecule has 0 spiro atoms. The van der Waals surface area contributed by atoms with Gasteiger partial charge in [-0.15, -0.1) is 5.10 Å². The van der Waals surface area contributed by atoms with Crippen LogP contribution in [0, 0.1) is 0 Å². The first kappa shape index (κ1) is 24.6. The molecule has 2 atom stereocenters. The largest absolute Gasteiger partial charge is 0.610 e. The fraction of sp³-hybridized carbons (Fsp3) is 0.190. The summed E-state index contributed by atoms with van der Waals surface area (Å²) in [6.07, 6.45) is 6.03. The third-order valence-electron chi connectivity index (χ3n) is 5.13. The van der Waals surface area contributed by atoms with Crippen LogP contribution < -0.4 is 4.31 Å². The molecule has 1 aromatic carbocycles. The molecule has 0 aliphatic heterocycles. The topological polar surface area (TPSA) is 128 Å². The number of hydrogen-bond acceptors (Lipinski definition) is 6. The summed E-state index contributed by atoms with van der Waals surface area (Å²) in [6, 6.07) is 9.81. The summed E-state index contributed by atoms with van der Waals surface area (Å²) < 4.78 is 40.9. The molecule has 0 amide bonds. The first-order valence-corrected chi connectivity index (χ1v) is 13.6. The molecular weight excluding hydrogens is 523 g/mol. The van der Waals surface area contributed by atoms with Crippen molar-refractivity contribution in [1.82, 2.24) is 14.8 Å². The average molecular weight is 541 g/mol. The number of carbonyl (C=O) groups is 1. The lowest BCUT2D eigenvalue weighted by Crippen LogP contribution is -2.41. The summed E-state index contributed by atoms with van der Waals surface area (Å²) in [5.74, 6) is -0.826. The first-order chi connectivity index (χ1) is 16.1. The van der Waals surface area contributed by atoms with E-state index in [0.29, 0.717) is 21.7 Å². The molecule has 9 nitrogen and oxygen atoms in total. The van der Waals surface area contributed by atoms with Gasteiger partial charge in [-0.3, -0.25) is 13.7 Å². The summed E-state index contributed by atoms with van der Waals surface area (Å²) in [5, 5.41) is 17.8. The molecule has 1 N–H and O–H groups in total. The Hall–Kier alpha value is -2.57. The van der Waals surface area contributed by atoms with E-state index in [1.54, 1.807) is 41.1 Å². The quantitative estimate of drug-likeness (QED) is 0.454. The third kappa shape index (κ3) is 4.93. The summed E-state index contributed by atoms with van der Waals surface area (Å²) in [7, 11) is -4.16. The lowest BCUT2D eigenvalue weighted by atomic mass is 10.2. The predicted octanol–water partition coefficient (Wildman–Crippen LogP) is 3.40. The zero-order chi connectivity index (χ0) is 24.6. The Balaban J connectivity index is 1.73. The number of aliphatic carboxylic acids is 1. The van der Waals surface area contributed by atoms with Crippen LogP contribution in [0.3, 0.4) is 0 Å². The molecule has 2 heterocycles. The fourth-order valence-corrected chi connectivity index (χ4v) is 6.51. The maximum atomic E-state index is 13.4. The molecule has 0 radical (unpaired) electrons. The summed E-state index contributed by atoms with van der Waals surface area (Å²) >= 11 is 10.8. The van der Waals surface area contributed by atoms with Gasteiger partial charge in [0.2, 0.25) is 10.0 Å². The Morgan fingerprint density at radius 2 is 2.03 bits per heavy atom. The Bertz CT molecular complexity index is 1420. The lowest BCUT2D eigenvalue weighted by molar-refractivity contribution is -0.135. The SMILES string of the molecule is C[S+]([O-])c1ccc(-n2ccc3cc(N(CC(=O)O)S(=O)(=O)C4C=C(Cl)C=C(Cl)C4)ccc32)nn1. The van der Waals surface area contributed by atoms with E-state index in [2.05, 4.69) is 10.2 Å². The first-order valence-electron chi connectivity index (χ1n) is 9.81. The monoisotopic (exact) mass is 540 g/mol. The molecule has 1 aliphatic carbocycles. The van der Waals surface area contributed by atoms with Gasteiger partial charge in [-0.05, 0) is 42.5 Å². The van der Waals surface area contributed by atoms with Crippen LogP contribution in [0.1, 0.15) is 6.42 Å². The maximum Gasteiger partial charge on any atom is 0.324 e. The van der Waals surface area contributed by atoms with E-state index < -0.39 is 39.0 Å². The van der Waals surface area contributed by atoms with Crippen LogP contribution in [0.15, 0.2) is 69.8 Å².